The van der Waals surface area contributed by atoms with Crippen LogP contribution in [0.1, 0.15) is 5.89 Å². The molecule has 0 saturated carbocycles. The fourth-order valence-electron chi connectivity index (χ4n) is 3.20. The van der Waals surface area contributed by atoms with Gasteiger partial charge in [-0.3, -0.25) is 14.5 Å². The molecule has 156 valence electrons. The molecule has 3 heterocycles. The number of anilines is 1. The van der Waals surface area contributed by atoms with Gasteiger partial charge in [-0.25, -0.2) is 0 Å². The molecule has 1 fully saturated rings. The van der Waals surface area contributed by atoms with E-state index in [0.717, 1.165) is 11.3 Å². The zero-order valence-corrected chi connectivity index (χ0v) is 17.4. The van der Waals surface area contributed by atoms with Crippen molar-refractivity contribution in [1.29, 1.82) is 0 Å². The van der Waals surface area contributed by atoms with Crippen LogP contribution in [0.25, 0.3) is 11.4 Å². The number of aliphatic imine (C=N–C) groups is 1. The van der Waals surface area contributed by atoms with Crippen molar-refractivity contribution >= 4 is 29.2 Å². The lowest BCUT2D eigenvalue weighted by Gasteiger charge is -2.35. The van der Waals surface area contributed by atoms with E-state index in [1.807, 2.05) is 30.3 Å². The number of nitrogens with zero attached hydrogens (tertiary/aromatic N) is 7. The van der Waals surface area contributed by atoms with Crippen LogP contribution < -0.4 is 10.2 Å². The third-order valence-electron chi connectivity index (χ3n) is 4.70. The molecule has 2 aromatic heterocycles. The van der Waals surface area contributed by atoms with Crippen LogP contribution in [-0.2, 0) is 18.4 Å². The second-order valence-corrected chi connectivity index (χ2v) is 7.19. The first-order valence-corrected chi connectivity index (χ1v) is 9.74. The third-order valence-corrected chi connectivity index (χ3v) is 4.96. The monoisotopic (exact) mass is 428 g/mol. The first-order valence-electron chi connectivity index (χ1n) is 9.36. The van der Waals surface area contributed by atoms with E-state index in [-0.39, 0.29) is 12.5 Å². The van der Waals surface area contributed by atoms with E-state index in [9.17, 15) is 4.79 Å². The number of rotatable bonds is 4. The zero-order valence-electron chi connectivity index (χ0n) is 16.6. The molecule has 3 aromatic rings. The number of guanidine groups is 1. The molecule has 4 rings (SSSR count). The first kappa shape index (κ1) is 19.9. The number of nitrogens with one attached hydrogen (secondary N) is 1. The smallest absolute Gasteiger partial charge is 0.246 e. The Balaban J connectivity index is 1.35. The second-order valence-electron chi connectivity index (χ2n) is 6.76. The number of aryl methyl sites for hydroxylation is 1. The molecule has 1 N–H and O–H groups in total. The van der Waals surface area contributed by atoms with Gasteiger partial charge in [0.15, 0.2) is 5.96 Å². The van der Waals surface area contributed by atoms with Crippen LogP contribution >= 0.6 is 11.6 Å². The quantitative estimate of drug-likeness (QED) is 0.496. The SMILES string of the molecule is CN=C(NCc1nc(-c2ccc(Cl)cc2)no1)N1CCN(c2cnn(C)c2)C(=O)C1. The normalized spacial score (nSPS) is 15.0. The lowest BCUT2D eigenvalue weighted by molar-refractivity contribution is -0.120. The van der Waals surface area contributed by atoms with Gasteiger partial charge in [-0.2, -0.15) is 10.1 Å². The number of carbonyl (C=O) groups excluding carboxylic acids is 1. The van der Waals surface area contributed by atoms with Gasteiger partial charge in [-0.15, -0.1) is 0 Å². The van der Waals surface area contributed by atoms with Gasteiger partial charge in [0.1, 0.15) is 6.54 Å². The van der Waals surface area contributed by atoms with Crippen LogP contribution in [0.5, 0.6) is 0 Å². The zero-order chi connectivity index (χ0) is 21.1. The first-order chi connectivity index (χ1) is 14.5. The van der Waals surface area contributed by atoms with Crippen LogP contribution in [0, 0.1) is 0 Å². The number of halogens is 1. The summed E-state index contributed by atoms with van der Waals surface area (Å²) in [6.07, 6.45) is 3.52. The number of hydrogen-bond acceptors (Lipinski definition) is 6. The summed E-state index contributed by atoms with van der Waals surface area (Å²) < 4.78 is 6.99. The highest BCUT2D eigenvalue weighted by Crippen LogP contribution is 2.19. The number of amides is 1. The summed E-state index contributed by atoms with van der Waals surface area (Å²) in [5.74, 6) is 1.49. The Morgan fingerprint density at radius 1 is 1.30 bits per heavy atom. The molecule has 1 saturated heterocycles. The van der Waals surface area contributed by atoms with Crippen molar-refractivity contribution in [1.82, 2.24) is 30.1 Å². The Bertz CT molecular complexity index is 1060. The summed E-state index contributed by atoms with van der Waals surface area (Å²) in [6, 6.07) is 7.21. The predicted octanol–water partition coefficient (Wildman–Crippen LogP) is 1.55. The van der Waals surface area contributed by atoms with E-state index in [2.05, 4.69) is 25.5 Å². The maximum Gasteiger partial charge on any atom is 0.246 e. The fraction of sp³-hybridized carbons (Fsp3) is 0.316. The molecule has 0 spiro atoms. The predicted molar refractivity (Wildman–Crippen MR) is 112 cm³/mol. The van der Waals surface area contributed by atoms with Crippen LogP contribution in [-0.4, -0.2) is 63.4 Å². The lowest BCUT2D eigenvalue weighted by atomic mass is 10.2. The molecule has 1 aliphatic rings. The standard InChI is InChI=1S/C19H21ClN8O2/c1-21-19(27-7-8-28(17(29)12-27)15-9-23-26(2)11-15)22-10-16-24-18(25-30-16)13-3-5-14(20)6-4-13/h3-6,9,11H,7-8,10,12H2,1-2H3,(H,21,22). The molecule has 30 heavy (non-hydrogen) atoms. The van der Waals surface area contributed by atoms with Crippen molar-refractivity contribution in [2.75, 3.05) is 31.6 Å². The van der Waals surface area contributed by atoms with Gasteiger partial charge in [0.25, 0.3) is 0 Å². The van der Waals surface area contributed by atoms with E-state index in [0.29, 0.717) is 42.3 Å². The van der Waals surface area contributed by atoms with E-state index in [1.54, 1.807) is 35.0 Å². The summed E-state index contributed by atoms with van der Waals surface area (Å²) >= 11 is 5.91. The molecular weight excluding hydrogens is 408 g/mol. The second kappa shape index (κ2) is 8.54. The van der Waals surface area contributed by atoms with Crippen molar-refractivity contribution in [2.45, 2.75) is 6.54 Å². The molecule has 1 amide bonds. The van der Waals surface area contributed by atoms with Crippen molar-refractivity contribution in [3.05, 3.63) is 47.6 Å². The number of carbonyl (C=O) groups is 1. The fourth-order valence-corrected chi connectivity index (χ4v) is 3.33. The number of hydrogen-bond donors (Lipinski definition) is 1. The Hall–Kier alpha value is -3.40. The molecule has 0 radical (unpaired) electrons. The Kier molecular flexibility index (Phi) is 5.66. The Morgan fingerprint density at radius 2 is 2.10 bits per heavy atom. The minimum absolute atomic E-state index is 0.0139. The van der Waals surface area contributed by atoms with Gasteiger partial charge < -0.3 is 19.6 Å². The topological polar surface area (TPSA) is 105 Å². The van der Waals surface area contributed by atoms with E-state index >= 15 is 0 Å². The highest BCUT2D eigenvalue weighted by molar-refractivity contribution is 6.30. The van der Waals surface area contributed by atoms with Crippen molar-refractivity contribution in [3.63, 3.8) is 0 Å². The molecule has 0 aliphatic carbocycles. The minimum atomic E-state index is -0.0139. The van der Waals surface area contributed by atoms with Gasteiger partial charge in [0.05, 0.1) is 18.4 Å². The van der Waals surface area contributed by atoms with Crippen LogP contribution in [0.3, 0.4) is 0 Å². The van der Waals surface area contributed by atoms with Gasteiger partial charge in [0.2, 0.25) is 17.6 Å². The Labute approximate surface area is 178 Å². The average Bonchev–Trinajstić information content (AvgIpc) is 3.38. The highest BCUT2D eigenvalue weighted by Gasteiger charge is 2.27. The molecule has 11 heteroatoms. The highest BCUT2D eigenvalue weighted by atomic mass is 35.5. The van der Waals surface area contributed by atoms with Crippen LogP contribution in [0.2, 0.25) is 5.02 Å². The van der Waals surface area contributed by atoms with Crippen LogP contribution in [0.15, 0.2) is 46.2 Å². The van der Waals surface area contributed by atoms with Gasteiger partial charge in [-0.05, 0) is 24.3 Å². The molecule has 0 atom stereocenters. The summed E-state index contributed by atoms with van der Waals surface area (Å²) in [6.45, 7) is 1.70. The molecule has 0 bridgehead atoms. The maximum atomic E-state index is 12.6. The maximum absolute atomic E-state index is 12.6. The van der Waals surface area contributed by atoms with Crippen molar-refractivity contribution in [2.24, 2.45) is 12.0 Å². The number of aromatic nitrogens is 4. The molecule has 0 unspecified atom stereocenters. The number of piperazine rings is 1. The van der Waals surface area contributed by atoms with Gasteiger partial charge in [-0.1, -0.05) is 16.8 Å². The van der Waals surface area contributed by atoms with E-state index in [4.69, 9.17) is 16.1 Å². The van der Waals surface area contributed by atoms with Gasteiger partial charge in [0, 0.05) is 44.0 Å². The molecular formula is C19H21ClN8O2. The van der Waals surface area contributed by atoms with Crippen molar-refractivity contribution in [3.8, 4) is 11.4 Å². The van der Waals surface area contributed by atoms with E-state index in [1.165, 1.54) is 0 Å². The summed E-state index contributed by atoms with van der Waals surface area (Å²) in [5, 5.41) is 12.0. The van der Waals surface area contributed by atoms with Crippen LogP contribution in [0.4, 0.5) is 5.69 Å². The average molecular weight is 429 g/mol. The summed E-state index contributed by atoms with van der Waals surface area (Å²) in [4.78, 5) is 24.9. The summed E-state index contributed by atoms with van der Waals surface area (Å²) in [7, 11) is 3.50. The lowest BCUT2D eigenvalue weighted by Crippen LogP contribution is -2.55. The Morgan fingerprint density at radius 3 is 2.77 bits per heavy atom. The van der Waals surface area contributed by atoms with E-state index < -0.39 is 0 Å². The number of benzene rings is 1. The van der Waals surface area contributed by atoms with Crippen molar-refractivity contribution < 1.29 is 9.32 Å². The minimum Gasteiger partial charge on any atom is -0.347 e. The van der Waals surface area contributed by atoms with Gasteiger partial charge >= 0.3 is 0 Å². The molecule has 1 aromatic carbocycles. The largest absolute Gasteiger partial charge is 0.347 e. The third kappa shape index (κ3) is 4.28. The molecule has 1 aliphatic heterocycles. The molecule has 10 nitrogen and oxygen atoms in total. The summed E-state index contributed by atoms with van der Waals surface area (Å²) in [5.41, 5.74) is 1.61.